The Morgan fingerprint density at radius 2 is 1.73 bits per heavy atom. The number of carboxylic acids is 1. The fourth-order valence-corrected chi connectivity index (χ4v) is 3.64. The number of nitrogens with one attached hydrogen (secondary N) is 3. The molecule has 2 aromatic rings. The van der Waals surface area contributed by atoms with E-state index in [0.29, 0.717) is 17.8 Å². The molecule has 4 amide bonds. The number of hydrogen-bond acceptors (Lipinski definition) is 4. The van der Waals surface area contributed by atoms with E-state index in [0.717, 1.165) is 5.56 Å². The fraction of sp³-hybridized carbons (Fsp3) is 0.333. The summed E-state index contributed by atoms with van der Waals surface area (Å²) in [7, 11) is 0. The SMILES string of the molecule is CC[C@@H](C)[C@H](NC(=O)[C@H](Cc1ccccc1)NC(=O)N1CC(=O)Nc2ccccc21)C(=O)O. The summed E-state index contributed by atoms with van der Waals surface area (Å²) in [6, 6.07) is 13.2. The first kappa shape index (κ1) is 23.8. The van der Waals surface area contributed by atoms with E-state index >= 15 is 0 Å². The minimum atomic E-state index is -1.14. The van der Waals surface area contributed by atoms with Crippen molar-refractivity contribution in [2.45, 2.75) is 38.8 Å². The van der Waals surface area contributed by atoms with Crippen LogP contribution in [0.2, 0.25) is 0 Å². The number of fused-ring (bicyclic) bond motifs is 1. The Kier molecular flexibility index (Phi) is 7.66. The van der Waals surface area contributed by atoms with Crippen molar-refractivity contribution in [2.75, 3.05) is 16.8 Å². The van der Waals surface area contributed by atoms with E-state index in [1.54, 1.807) is 31.2 Å². The first-order valence-electron chi connectivity index (χ1n) is 10.8. The summed E-state index contributed by atoms with van der Waals surface area (Å²) >= 11 is 0. The van der Waals surface area contributed by atoms with Crippen molar-refractivity contribution in [1.29, 1.82) is 0 Å². The maximum atomic E-state index is 13.2. The van der Waals surface area contributed by atoms with E-state index in [4.69, 9.17) is 0 Å². The first-order chi connectivity index (χ1) is 15.8. The molecule has 0 spiro atoms. The molecule has 1 aliphatic rings. The van der Waals surface area contributed by atoms with Crippen molar-refractivity contribution in [3.8, 4) is 0 Å². The molecule has 4 N–H and O–H groups in total. The molecule has 9 heteroatoms. The number of benzene rings is 2. The number of urea groups is 1. The monoisotopic (exact) mass is 452 g/mol. The zero-order valence-corrected chi connectivity index (χ0v) is 18.6. The smallest absolute Gasteiger partial charge is 0.326 e. The van der Waals surface area contributed by atoms with E-state index < -0.39 is 30.0 Å². The Bertz CT molecular complexity index is 1030. The molecule has 0 fully saturated rings. The normalized spacial score (nSPS) is 15.5. The van der Waals surface area contributed by atoms with Gasteiger partial charge < -0.3 is 21.1 Å². The van der Waals surface area contributed by atoms with Gasteiger partial charge in [-0.05, 0) is 23.6 Å². The number of carbonyl (C=O) groups excluding carboxylic acids is 3. The Labute approximate surface area is 192 Å². The van der Waals surface area contributed by atoms with Crippen LogP contribution in [0.4, 0.5) is 16.2 Å². The number of aliphatic carboxylic acids is 1. The molecule has 33 heavy (non-hydrogen) atoms. The molecule has 0 aliphatic carbocycles. The predicted molar refractivity (Wildman–Crippen MR) is 124 cm³/mol. The van der Waals surface area contributed by atoms with Gasteiger partial charge in [0.1, 0.15) is 18.6 Å². The van der Waals surface area contributed by atoms with Gasteiger partial charge in [0.25, 0.3) is 0 Å². The summed E-state index contributed by atoms with van der Waals surface area (Å²) in [5, 5.41) is 17.5. The minimum absolute atomic E-state index is 0.160. The minimum Gasteiger partial charge on any atom is -0.480 e. The van der Waals surface area contributed by atoms with Gasteiger partial charge in [-0.15, -0.1) is 0 Å². The van der Waals surface area contributed by atoms with E-state index in [1.165, 1.54) is 4.90 Å². The van der Waals surface area contributed by atoms with Crippen molar-refractivity contribution in [3.05, 3.63) is 60.2 Å². The third kappa shape index (κ3) is 5.88. The largest absolute Gasteiger partial charge is 0.480 e. The third-order valence-electron chi connectivity index (χ3n) is 5.69. The Morgan fingerprint density at radius 3 is 2.39 bits per heavy atom. The molecule has 9 nitrogen and oxygen atoms in total. The molecule has 0 saturated heterocycles. The fourth-order valence-electron chi connectivity index (χ4n) is 3.64. The molecule has 1 aliphatic heterocycles. The van der Waals surface area contributed by atoms with Crippen LogP contribution < -0.4 is 20.9 Å². The molecule has 0 unspecified atom stereocenters. The predicted octanol–water partition coefficient (Wildman–Crippen LogP) is 2.38. The maximum absolute atomic E-state index is 13.2. The van der Waals surface area contributed by atoms with Crippen LogP contribution in [-0.4, -0.2) is 47.5 Å². The summed E-state index contributed by atoms with van der Waals surface area (Å²) in [4.78, 5) is 51.4. The highest BCUT2D eigenvalue weighted by molar-refractivity contribution is 6.10. The van der Waals surface area contributed by atoms with Gasteiger partial charge in [-0.2, -0.15) is 0 Å². The van der Waals surface area contributed by atoms with Gasteiger partial charge in [0.2, 0.25) is 11.8 Å². The second-order valence-electron chi connectivity index (χ2n) is 8.05. The molecule has 0 bridgehead atoms. The lowest BCUT2D eigenvalue weighted by molar-refractivity contribution is -0.143. The van der Waals surface area contributed by atoms with Crippen LogP contribution in [0.15, 0.2) is 54.6 Å². The summed E-state index contributed by atoms with van der Waals surface area (Å²) in [6.45, 7) is 3.38. The molecule has 1 heterocycles. The lowest BCUT2D eigenvalue weighted by Gasteiger charge is -2.31. The average molecular weight is 453 g/mol. The highest BCUT2D eigenvalue weighted by Crippen LogP contribution is 2.28. The van der Waals surface area contributed by atoms with Gasteiger partial charge in [0.15, 0.2) is 0 Å². The van der Waals surface area contributed by atoms with Crippen LogP contribution in [0.3, 0.4) is 0 Å². The number of anilines is 2. The van der Waals surface area contributed by atoms with Crippen LogP contribution in [0.1, 0.15) is 25.8 Å². The lowest BCUT2D eigenvalue weighted by Crippen LogP contribution is -2.57. The molecule has 0 saturated carbocycles. The molecule has 174 valence electrons. The number of carboxylic acid groups (broad SMARTS) is 1. The van der Waals surface area contributed by atoms with E-state index in [1.807, 2.05) is 37.3 Å². The Morgan fingerprint density at radius 1 is 1.06 bits per heavy atom. The van der Waals surface area contributed by atoms with Crippen LogP contribution in [0, 0.1) is 5.92 Å². The number of carbonyl (C=O) groups is 4. The second-order valence-corrected chi connectivity index (χ2v) is 8.05. The lowest BCUT2D eigenvalue weighted by atomic mass is 9.98. The molecular formula is C24H28N4O5. The van der Waals surface area contributed by atoms with Gasteiger partial charge in [-0.3, -0.25) is 14.5 Å². The Hall–Kier alpha value is -3.88. The van der Waals surface area contributed by atoms with E-state index in [2.05, 4.69) is 16.0 Å². The summed E-state index contributed by atoms with van der Waals surface area (Å²) in [5.41, 5.74) is 1.80. The van der Waals surface area contributed by atoms with Gasteiger partial charge in [0, 0.05) is 6.42 Å². The Balaban J connectivity index is 1.84. The number of hydrogen-bond donors (Lipinski definition) is 4. The zero-order valence-electron chi connectivity index (χ0n) is 18.6. The summed E-state index contributed by atoms with van der Waals surface area (Å²) in [6.07, 6.45) is 0.722. The standard InChI is InChI=1S/C24H28N4O5/c1-3-15(2)21(23(31)32)27-22(30)18(13-16-9-5-4-6-10-16)26-24(33)28-14-20(29)25-17-11-7-8-12-19(17)28/h4-12,15,18,21H,3,13-14H2,1-2H3,(H,25,29)(H,26,33)(H,27,30)(H,31,32)/t15-,18+,21+/m1/s1. The number of nitrogens with zero attached hydrogens (tertiary/aromatic N) is 1. The molecular weight excluding hydrogens is 424 g/mol. The van der Waals surface area contributed by atoms with Crippen LogP contribution in [0.5, 0.6) is 0 Å². The average Bonchev–Trinajstić information content (AvgIpc) is 2.81. The number of para-hydroxylation sites is 2. The molecule has 2 aromatic carbocycles. The van der Waals surface area contributed by atoms with E-state index in [-0.39, 0.29) is 24.8 Å². The highest BCUT2D eigenvalue weighted by atomic mass is 16.4. The molecule has 3 atom stereocenters. The van der Waals surface area contributed by atoms with Crippen molar-refractivity contribution < 1.29 is 24.3 Å². The van der Waals surface area contributed by atoms with Gasteiger partial charge in [-0.1, -0.05) is 62.7 Å². The quantitative estimate of drug-likeness (QED) is 0.489. The van der Waals surface area contributed by atoms with Gasteiger partial charge in [-0.25, -0.2) is 9.59 Å². The van der Waals surface area contributed by atoms with Crippen LogP contribution >= 0.6 is 0 Å². The van der Waals surface area contributed by atoms with Crippen LogP contribution in [-0.2, 0) is 20.8 Å². The van der Waals surface area contributed by atoms with Crippen molar-refractivity contribution in [3.63, 3.8) is 0 Å². The zero-order chi connectivity index (χ0) is 24.0. The second kappa shape index (κ2) is 10.6. The molecule has 0 radical (unpaired) electrons. The van der Waals surface area contributed by atoms with Gasteiger partial charge >= 0.3 is 12.0 Å². The third-order valence-corrected chi connectivity index (χ3v) is 5.69. The van der Waals surface area contributed by atoms with Crippen LogP contribution in [0.25, 0.3) is 0 Å². The maximum Gasteiger partial charge on any atom is 0.326 e. The molecule has 3 rings (SSSR count). The van der Waals surface area contributed by atoms with Crippen molar-refractivity contribution in [2.24, 2.45) is 5.92 Å². The van der Waals surface area contributed by atoms with Gasteiger partial charge in [0.05, 0.1) is 11.4 Å². The summed E-state index contributed by atoms with van der Waals surface area (Å²) in [5.74, 6) is -2.38. The number of amides is 4. The van der Waals surface area contributed by atoms with Crippen molar-refractivity contribution in [1.82, 2.24) is 10.6 Å². The first-order valence-corrected chi connectivity index (χ1v) is 10.8. The number of rotatable bonds is 8. The summed E-state index contributed by atoms with van der Waals surface area (Å²) < 4.78 is 0. The topological polar surface area (TPSA) is 128 Å². The van der Waals surface area contributed by atoms with Crippen molar-refractivity contribution >= 4 is 35.2 Å². The molecule has 0 aromatic heterocycles. The van der Waals surface area contributed by atoms with E-state index in [9.17, 15) is 24.3 Å². The highest BCUT2D eigenvalue weighted by Gasteiger charge is 2.32.